The lowest BCUT2D eigenvalue weighted by Gasteiger charge is -2.16. The molecule has 1 saturated carbocycles. The molecule has 0 aliphatic heterocycles. The second kappa shape index (κ2) is 5.04. The molecule has 1 atom stereocenters. The third kappa shape index (κ3) is 2.76. The second-order valence-corrected chi connectivity index (χ2v) is 3.78. The predicted octanol–water partition coefficient (Wildman–Crippen LogP) is 3.40. The number of benzene rings is 1. The molecule has 0 spiro atoms. The van der Waals surface area contributed by atoms with E-state index in [0.29, 0.717) is 6.10 Å². The van der Waals surface area contributed by atoms with E-state index in [0.717, 1.165) is 12.2 Å². The Hall–Kier alpha value is -0.980. The Morgan fingerprint density at radius 3 is 3.14 bits per heavy atom. The lowest BCUT2D eigenvalue weighted by molar-refractivity contribution is 0.184. The van der Waals surface area contributed by atoms with Gasteiger partial charge in [-0.15, -0.1) is 0 Å². The van der Waals surface area contributed by atoms with Gasteiger partial charge in [0.05, 0.1) is 6.10 Å². The highest BCUT2D eigenvalue weighted by Crippen LogP contribution is 2.21. The second-order valence-electron chi connectivity index (χ2n) is 3.78. The molecule has 1 aromatic carbocycles. The average Bonchev–Trinajstić information content (AvgIpc) is 2.48. The van der Waals surface area contributed by atoms with Crippen LogP contribution in [0.15, 0.2) is 24.3 Å². The molecule has 0 saturated heterocycles. The fraction of sp³-hybridized carbons (Fsp3) is 0.462. The van der Waals surface area contributed by atoms with Crippen LogP contribution in [0.5, 0.6) is 5.75 Å². The van der Waals surface area contributed by atoms with Crippen LogP contribution in [0.2, 0.25) is 0 Å². The summed E-state index contributed by atoms with van der Waals surface area (Å²) in [6.45, 7) is 0. The van der Waals surface area contributed by atoms with Crippen molar-refractivity contribution in [3.63, 3.8) is 0 Å². The van der Waals surface area contributed by atoms with Gasteiger partial charge in [0.1, 0.15) is 5.75 Å². The maximum Gasteiger partial charge on any atom is 0.120 e. The summed E-state index contributed by atoms with van der Waals surface area (Å²) in [7, 11) is 0. The maximum atomic E-state index is 5.88. The van der Waals surface area contributed by atoms with Gasteiger partial charge in [0.15, 0.2) is 0 Å². The minimum atomic E-state index is 0.407. The Kier molecular flexibility index (Phi) is 3.44. The van der Waals surface area contributed by atoms with Crippen LogP contribution in [0.4, 0.5) is 0 Å². The first-order valence-electron chi connectivity index (χ1n) is 5.39. The molecule has 2 radical (unpaired) electrons. The molecule has 0 aromatic heterocycles. The maximum absolute atomic E-state index is 5.88. The van der Waals surface area contributed by atoms with Crippen LogP contribution in [-0.2, 0) is 0 Å². The van der Waals surface area contributed by atoms with Gasteiger partial charge in [0.25, 0.3) is 0 Å². The van der Waals surface area contributed by atoms with Gasteiger partial charge in [0, 0.05) is 0 Å². The molecule has 0 N–H and O–H groups in total. The number of hydrogen-bond acceptors (Lipinski definition) is 1. The van der Waals surface area contributed by atoms with Crippen molar-refractivity contribution in [2.75, 3.05) is 0 Å². The van der Waals surface area contributed by atoms with Crippen LogP contribution in [0.1, 0.15) is 32.1 Å². The lowest BCUT2D eigenvalue weighted by Crippen LogP contribution is -2.14. The summed E-state index contributed by atoms with van der Waals surface area (Å²) < 4.78 is 5.88. The van der Waals surface area contributed by atoms with E-state index < -0.39 is 0 Å². The number of ether oxygens (including phenoxy) is 1. The van der Waals surface area contributed by atoms with Crippen molar-refractivity contribution in [3.8, 4) is 5.75 Å². The molecule has 0 amide bonds. The minimum Gasteiger partial charge on any atom is -0.490 e. The van der Waals surface area contributed by atoms with E-state index in [1.807, 2.05) is 24.3 Å². The zero-order valence-electron chi connectivity index (χ0n) is 8.41. The van der Waals surface area contributed by atoms with Crippen molar-refractivity contribution in [1.82, 2.24) is 0 Å². The zero-order chi connectivity index (χ0) is 9.64. The van der Waals surface area contributed by atoms with Crippen molar-refractivity contribution in [1.29, 1.82) is 0 Å². The summed E-state index contributed by atoms with van der Waals surface area (Å²) in [5.74, 6) is 0.958. The molecule has 0 heterocycles. The molecule has 74 valence electrons. The van der Waals surface area contributed by atoms with E-state index in [2.05, 4.69) is 12.5 Å². The first kappa shape index (κ1) is 9.57. The highest BCUT2D eigenvalue weighted by atomic mass is 16.5. The Morgan fingerprint density at radius 1 is 1.29 bits per heavy atom. The van der Waals surface area contributed by atoms with Crippen LogP contribution in [0.3, 0.4) is 0 Å². The van der Waals surface area contributed by atoms with Gasteiger partial charge >= 0.3 is 0 Å². The summed E-state index contributed by atoms with van der Waals surface area (Å²) in [5.41, 5.74) is 0. The van der Waals surface area contributed by atoms with Gasteiger partial charge in [-0.05, 0) is 50.3 Å². The van der Waals surface area contributed by atoms with Gasteiger partial charge in [0.2, 0.25) is 0 Å². The lowest BCUT2D eigenvalue weighted by atomic mass is 10.1. The first-order chi connectivity index (χ1) is 6.95. The van der Waals surface area contributed by atoms with E-state index >= 15 is 0 Å². The van der Waals surface area contributed by atoms with Crippen molar-refractivity contribution in [2.24, 2.45) is 0 Å². The third-order valence-electron chi connectivity index (χ3n) is 2.61. The molecule has 2 rings (SSSR count). The largest absolute Gasteiger partial charge is 0.490 e. The predicted molar refractivity (Wildman–Crippen MR) is 57.1 cm³/mol. The smallest absolute Gasteiger partial charge is 0.120 e. The molecule has 1 aliphatic rings. The average molecular weight is 188 g/mol. The Balaban J connectivity index is 1.90. The van der Waals surface area contributed by atoms with Crippen molar-refractivity contribution in [3.05, 3.63) is 36.8 Å². The van der Waals surface area contributed by atoms with E-state index in [9.17, 15) is 0 Å². The molecule has 0 bridgehead atoms. The monoisotopic (exact) mass is 188 g/mol. The van der Waals surface area contributed by atoms with Gasteiger partial charge in [-0.2, -0.15) is 0 Å². The Labute approximate surface area is 86.1 Å². The van der Waals surface area contributed by atoms with Crippen molar-refractivity contribution in [2.45, 2.75) is 38.2 Å². The number of rotatable bonds is 2. The highest BCUT2D eigenvalue weighted by molar-refractivity contribution is 5.20. The first-order valence-corrected chi connectivity index (χ1v) is 5.39. The SMILES string of the molecule is [c]1cccc(OC2CC[CH]CCC2)c1. The zero-order valence-corrected chi connectivity index (χ0v) is 8.41. The molecule has 1 nitrogen and oxygen atoms in total. The molecule has 14 heavy (non-hydrogen) atoms. The van der Waals surface area contributed by atoms with Gasteiger partial charge in [-0.3, -0.25) is 0 Å². The van der Waals surface area contributed by atoms with Gasteiger partial charge < -0.3 is 4.74 Å². The fourth-order valence-corrected chi connectivity index (χ4v) is 1.84. The highest BCUT2D eigenvalue weighted by Gasteiger charge is 2.13. The van der Waals surface area contributed by atoms with Crippen LogP contribution >= 0.6 is 0 Å². The van der Waals surface area contributed by atoms with Crippen LogP contribution < -0.4 is 4.74 Å². The standard InChI is InChI=1S/C13H16O/c1-2-5-9-12(8-4-1)14-13-10-6-3-7-11-13/h1,3,6,10-12H,2,4-5,8-9H2. The summed E-state index contributed by atoms with van der Waals surface area (Å²) in [5, 5.41) is 0. The Bertz CT molecular complexity index is 247. The Morgan fingerprint density at radius 2 is 2.29 bits per heavy atom. The topological polar surface area (TPSA) is 9.23 Å². The fourth-order valence-electron chi connectivity index (χ4n) is 1.84. The quantitative estimate of drug-likeness (QED) is 0.646. The molecular weight excluding hydrogens is 172 g/mol. The molecule has 1 fully saturated rings. The van der Waals surface area contributed by atoms with Crippen LogP contribution in [0.25, 0.3) is 0 Å². The molecule has 1 aliphatic carbocycles. The van der Waals surface area contributed by atoms with Crippen molar-refractivity contribution < 1.29 is 4.74 Å². The third-order valence-corrected chi connectivity index (χ3v) is 2.61. The van der Waals surface area contributed by atoms with Crippen molar-refractivity contribution >= 4 is 0 Å². The summed E-state index contributed by atoms with van der Waals surface area (Å²) in [6, 6.07) is 10.8. The van der Waals surface area contributed by atoms with Crippen LogP contribution in [-0.4, -0.2) is 6.10 Å². The van der Waals surface area contributed by atoms with E-state index in [1.54, 1.807) is 0 Å². The normalized spacial score (nSPS) is 18.9. The molecule has 1 heteroatoms. The van der Waals surface area contributed by atoms with E-state index in [-0.39, 0.29) is 0 Å². The summed E-state index contributed by atoms with van der Waals surface area (Å²) in [4.78, 5) is 0. The number of hydrogen-bond donors (Lipinski definition) is 0. The van der Waals surface area contributed by atoms with Gasteiger partial charge in [-0.1, -0.05) is 18.6 Å². The minimum absolute atomic E-state index is 0.407. The molecule has 1 unspecified atom stereocenters. The van der Waals surface area contributed by atoms with E-state index in [1.165, 1.54) is 25.7 Å². The van der Waals surface area contributed by atoms with Crippen LogP contribution in [0, 0.1) is 12.5 Å². The summed E-state index contributed by atoms with van der Waals surface area (Å²) >= 11 is 0. The summed E-state index contributed by atoms with van der Waals surface area (Å²) in [6.07, 6.45) is 8.84. The molecule has 1 aromatic rings. The van der Waals surface area contributed by atoms with E-state index in [4.69, 9.17) is 4.74 Å². The van der Waals surface area contributed by atoms with Gasteiger partial charge in [-0.25, -0.2) is 0 Å². The molecular formula is C13H16O.